The summed E-state index contributed by atoms with van der Waals surface area (Å²) in [4.78, 5) is 2.27. The van der Waals surface area contributed by atoms with Crippen LogP contribution in [0.4, 0.5) is 0 Å². The van der Waals surface area contributed by atoms with Gasteiger partial charge in [-0.1, -0.05) is 37.3 Å². The second-order valence-electron chi connectivity index (χ2n) is 5.09. The smallest absolute Gasteiger partial charge is 0.103 e. The lowest BCUT2D eigenvalue weighted by Crippen LogP contribution is -2.40. The summed E-state index contributed by atoms with van der Waals surface area (Å²) in [6.45, 7) is 5.47. The fourth-order valence-corrected chi connectivity index (χ4v) is 2.01. The van der Waals surface area contributed by atoms with Crippen LogP contribution in [0.15, 0.2) is 30.3 Å². The van der Waals surface area contributed by atoms with Crippen LogP contribution in [0.1, 0.15) is 32.3 Å². The van der Waals surface area contributed by atoms with E-state index in [1.54, 1.807) is 0 Å². The van der Waals surface area contributed by atoms with Crippen molar-refractivity contribution in [2.45, 2.75) is 38.3 Å². The van der Waals surface area contributed by atoms with Crippen LogP contribution in [-0.4, -0.2) is 36.2 Å². The molecule has 18 heavy (non-hydrogen) atoms. The molecule has 0 bridgehead atoms. The molecule has 2 unspecified atom stereocenters. The maximum absolute atomic E-state index is 10.6. The Morgan fingerprint density at radius 1 is 1.33 bits per heavy atom. The number of benzene rings is 1. The zero-order chi connectivity index (χ0) is 13.6. The van der Waals surface area contributed by atoms with Gasteiger partial charge in [-0.3, -0.25) is 0 Å². The Bertz CT molecular complexity index is 342. The lowest BCUT2D eigenvalue weighted by molar-refractivity contribution is 0.0247. The van der Waals surface area contributed by atoms with Crippen LogP contribution in [0.5, 0.6) is 0 Å². The molecule has 2 atom stereocenters. The fraction of sp³-hybridized carbons (Fsp3) is 0.600. The van der Waals surface area contributed by atoms with Gasteiger partial charge in [0.25, 0.3) is 0 Å². The minimum atomic E-state index is -0.914. The highest BCUT2D eigenvalue weighted by atomic mass is 16.3. The van der Waals surface area contributed by atoms with E-state index >= 15 is 0 Å². The molecule has 0 saturated heterocycles. The third-order valence-electron chi connectivity index (χ3n) is 3.87. The largest absolute Gasteiger partial charge is 0.384 e. The van der Waals surface area contributed by atoms with Gasteiger partial charge in [-0.25, -0.2) is 0 Å². The molecule has 0 spiro atoms. The molecule has 1 aromatic carbocycles. The summed E-state index contributed by atoms with van der Waals surface area (Å²) < 4.78 is 0. The molecule has 0 aliphatic rings. The molecule has 1 aromatic rings. The molecule has 0 heterocycles. The topological polar surface area (TPSA) is 49.5 Å². The molecule has 3 heteroatoms. The Morgan fingerprint density at radius 3 is 2.44 bits per heavy atom. The van der Waals surface area contributed by atoms with E-state index in [0.717, 1.165) is 18.5 Å². The standard InChI is InChI=1S/C15H26N2O/c1-4-13(2)17(3)11-10-15(18,12-16)14-8-6-5-7-9-14/h5-9,13,18H,4,10-12,16H2,1-3H3. The lowest BCUT2D eigenvalue weighted by atomic mass is 9.90. The molecule has 0 amide bonds. The highest BCUT2D eigenvalue weighted by Gasteiger charge is 2.27. The van der Waals surface area contributed by atoms with Crippen LogP contribution in [0, 0.1) is 0 Å². The molecule has 3 N–H and O–H groups in total. The molecule has 102 valence electrons. The van der Waals surface area contributed by atoms with Gasteiger partial charge < -0.3 is 15.7 Å². The van der Waals surface area contributed by atoms with Gasteiger partial charge in [-0.2, -0.15) is 0 Å². The maximum Gasteiger partial charge on any atom is 0.103 e. The van der Waals surface area contributed by atoms with Crippen molar-refractivity contribution >= 4 is 0 Å². The Kier molecular flexibility index (Phi) is 5.79. The summed E-state index contributed by atoms with van der Waals surface area (Å²) in [5.41, 5.74) is 5.76. The van der Waals surface area contributed by atoms with E-state index in [1.165, 1.54) is 0 Å². The minimum absolute atomic E-state index is 0.255. The van der Waals surface area contributed by atoms with E-state index in [9.17, 15) is 5.11 Å². The predicted octanol–water partition coefficient (Wildman–Crippen LogP) is 1.95. The van der Waals surface area contributed by atoms with Crippen molar-refractivity contribution in [3.63, 3.8) is 0 Å². The highest BCUT2D eigenvalue weighted by Crippen LogP contribution is 2.24. The molecule has 3 nitrogen and oxygen atoms in total. The van der Waals surface area contributed by atoms with Crippen molar-refractivity contribution in [3.8, 4) is 0 Å². The third kappa shape index (κ3) is 3.80. The van der Waals surface area contributed by atoms with Crippen molar-refractivity contribution in [1.82, 2.24) is 4.90 Å². The van der Waals surface area contributed by atoms with Crippen molar-refractivity contribution in [2.75, 3.05) is 20.1 Å². The number of nitrogens with two attached hydrogens (primary N) is 1. The normalized spacial score (nSPS) is 16.6. The van der Waals surface area contributed by atoms with Gasteiger partial charge in [0.1, 0.15) is 5.60 Å². The van der Waals surface area contributed by atoms with Crippen LogP contribution in [0.25, 0.3) is 0 Å². The zero-order valence-corrected chi connectivity index (χ0v) is 11.8. The van der Waals surface area contributed by atoms with Gasteiger partial charge in [-0.15, -0.1) is 0 Å². The quantitative estimate of drug-likeness (QED) is 0.777. The average Bonchev–Trinajstić information content (AvgIpc) is 2.44. The summed E-state index contributed by atoms with van der Waals surface area (Å²) >= 11 is 0. The van der Waals surface area contributed by atoms with Crippen LogP contribution in [-0.2, 0) is 5.60 Å². The van der Waals surface area contributed by atoms with Gasteiger partial charge in [0, 0.05) is 19.1 Å². The molecular formula is C15H26N2O. The first kappa shape index (κ1) is 15.2. The number of aliphatic hydroxyl groups is 1. The van der Waals surface area contributed by atoms with Crippen LogP contribution < -0.4 is 5.73 Å². The Hall–Kier alpha value is -0.900. The fourth-order valence-electron chi connectivity index (χ4n) is 2.01. The molecule has 0 aliphatic carbocycles. The second kappa shape index (κ2) is 6.88. The van der Waals surface area contributed by atoms with Crippen molar-refractivity contribution in [2.24, 2.45) is 5.73 Å². The van der Waals surface area contributed by atoms with E-state index in [-0.39, 0.29) is 6.54 Å². The van der Waals surface area contributed by atoms with Crippen LogP contribution in [0.3, 0.4) is 0 Å². The molecule has 0 saturated carbocycles. The van der Waals surface area contributed by atoms with Gasteiger partial charge in [0.15, 0.2) is 0 Å². The first-order valence-electron chi connectivity index (χ1n) is 6.71. The predicted molar refractivity (Wildman–Crippen MR) is 76.4 cm³/mol. The van der Waals surface area contributed by atoms with Gasteiger partial charge >= 0.3 is 0 Å². The van der Waals surface area contributed by atoms with E-state index < -0.39 is 5.60 Å². The van der Waals surface area contributed by atoms with Crippen molar-refractivity contribution < 1.29 is 5.11 Å². The number of hydrogen-bond donors (Lipinski definition) is 2. The SMILES string of the molecule is CCC(C)N(C)CCC(O)(CN)c1ccccc1. The van der Waals surface area contributed by atoms with Gasteiger partial charge in [0.2, 0.25) is 0 Å². The highest BCUT2D eigenvalue weighted by molar-refractivity contribution is 5.22. The first-order chi connectivity index (χ1) is 8.53. The van der Waals surface area contributed by atoms with Crippen molar-refractivity contribution in [1.29, 1.82) is 0 Å². The molecule has 0 aromatic heterocycles. The number of nitrogens with zero attached hydrogens (tertiary/aromatic N) is 1. The molecule has 0 radical (unpaired) electrons. The summed E-state index contributed by atoms with van der Waals surface area (Å²) in [5.74, 6) is 0. The molecule has 0 fully saturated rings. The first-order valence-corrected chi connectivity index (χ1v) is 6.71. The van der Waals surface area contributed by atoms with Crippen LogP contribution >= 0.6 is 0 Å². The van der Waals surface area contributed by atoms with E-state index in [0.29, 0.717) is 12.5 Å². The Balaban J connectivity index is 2.67. The monoisotopic (exact) mass is 250 g/mol. The van der Waals surface area contributed by atoms with Gasteiger partial charge in [0.05, 0.1) is 0 Å². The van der Waals surface area contributed by atoms with Gasteiger partial charge in [-0.05, 0) is 32.4 Å². The summed E-state index contributed by atoms with van der Waals surface area (Å²) in [6.07, 6.45) is 1.78. The van der Waals surface area contributed by atoms with E-state index in [4.69, 9.17) is 5.73 Å². The Labute approximate surface area is 111 Å². The lowest BCUT2D eigenvalue weighted by Gasteiger charge is -2.31. The molecule has 0 aliphatic heterocycles. The zero-order valence-electron chi connectivity index (χ0n) is 11.8. The number of hydrogen-bond acceptors (Lipinski definition) is 3. The summed E-state index contributed by atoms with van der Waals surface area (Å²) in [6, 6.07) is 10.2. The average molecular weight is 250 g/mol. The van der Waals surface area contributed by atoms with Crippen LogP contribution in [0.2, 0.25) is 0 Å². The summed E-state index contributed by atoms with van der Waals surface area (Å²) in [7, 11) is 2.09. The Morgan fingerprint density at radius 2 is 1.94 bits per heavy atom. The minimum Gasteiger partial charge on any atom is -0.384 e. The summed E-state index contributed by atoms with van der Waals surface area (Å²) in [5, 5.41) is 10.6. The molecule has 1 rings (SSSR count). The number of rotatable bonds is 7. The molecular weight excluding hydrogens is 224 g/mol. The van der Waals surface area contributed by atoms with E-state index in [2.05, 4.69) is 25.8 Å². The van der Waals surface area contributed by atoms with E-state index in [1.807, 2.05) is 30.3 Å². The maximum atomic E-state index is 10.6. The van der Waals surface area contributed by atoms with Crippen molar-refractivity contribution in [3.05, 3.63) is 35.9 Å². The third-order valence-corrected chi connectivity index (χ3v) is 3.87. The second-order valence-corrected chi connectivity index (χ2v) is 5.09.